The standard InChI is InChI=1S/C13H16BrN5O/c1-15-4-5-16-12-6-13(20)19(18-8-12)9-11-3-2-10(14)7-17-11/h2-3,6-8,15-16H,4-5,9H2,1H3. The molecule has 0 fully saturated rings. The monoisotopic (exact) mass is 337 g/mol. The van der Waals surface area contributed by atoms with Gasteiger partial charge in [-0.05, 0) is 35.1 Å². The second-order valence-corrected chi connectivity index (χ2v) is 5.15. The molecule has 7 heteroatoms. The Morgan fingerprint density at radius 1 is 1.30 bits per heavy atom. The summed E-state index contributed by atoms with van der Waals surface area (Å²) in [6, 6.07) is 5.29. The van der Waals surface area contributed by atoms with Crippen LogP contribution in [0.5, 0.6) is 0 Å². The van der Waals surface area contributed by atoms with E-state index < -0.39 is 0 Å². The van der Waals surface area contributed by atoms with Crippen molar-refractivity contribution < 1.29 is 0 Å². The lowest BCUT2D eigenvalue weighted by atomic mass is 10.3. The summed E-state index contributed by atoms with van der Waals surface area (Å²) in [7, 11) is 1.88. The second kappa shape index (κ2) is 7.16. The van der Waals surface area contributed by atoms with Gasteiger partial charge in [-0.2, -0.15) is 5.10 Å². The van der Waals surface area contributed by atoms with Crippen LogP contribution in [-0.2, 0) is 6.54 Å². The normalized spacial score (nSPS) is 10.5. The smallest absolute Gasteiger partial charge is 0.269 e. The number of rotatable bonds is 6. The van der Waals surface area contributed by atoms with Crippen molar-refractivity contribution in [3.05, 3.63) is 51.1 Å². The fourth-order valence-corrected chi connectivity index (χ4v) is 1.87. The Bertz CT molecular complexity index is 611. The highest BCUT2D eigenvalue weighted by molar-refractivity contribution is 9.10. The highest BCUT2D eigenvalue weighted by Crippen LogP contribution is 2.08. The van der Waals surface area contributed by atoms with Crippen molar-refractivity contribution >= 4 is 21.6 Å². The van der Waals surface area contributed by atoms with Crippen molar-refractivity contribution in [2.75, 3.05) is 25.5 Å². The number of likely N-dealkylation sites (N-methyl/N-ethyl adjacent to an activating group) is 1. The van der Waals surface area contributed by atoms with Crippen LogP contribution in [0.25, 0.3) is 0 Å². The van der Waals surface area contributed by atoms with Gasteiger partial charge in [0.25, 0.3) is 5.56 Å². The minimum atomic E-state index is -0.149. The minimum absolute atomic E-state index is 0.149. The number of halogens is 1. The van der Waals surface area contributed by atoms with Crippen LogP contribution in [0.2, 0.25) is 0 Å². The molecule has 0 saturated heterocycles. The number of anilines is 1. The molecule has 2 N–H and O–H groups in total. The van der Waals surface area contributed by atoms with Gasteiger partial charge < -0.3 is 10.6 Å². The summed E-state index contributed by atoms with van der Waals surface area (Å²) in [6.07, 6.45) is 3.35. The van der Waals surface area contributed by atoms with Crippen LogP contribution in [0.1, 0.15) is 5.69 Å². The maximum absolute atomic E-state index is 12.0. The van der Waals surface area contributed by atoms with E-state index in [1.165, 1.54) is 4.68 Å². The molecule has 0 aromatic carbocycles. The lowest BCUT2D eigenvalue weighted by molar-refractivity contribution is 0.628. The SMILES string of the molecule is CNCCNc1cnn(Cc2ccc(Br)cn2)c(=O)c1. The summed E-state index contributed by atoms with van der Waals surface area (Å²) in [5, 5.41) is 10.3. The number of nitrogens with zero attached hydrogens (tertiary/aromatic N) is 3. The summed E-state index contributed by atoms with van der Waals surface area (Å²) >= 11 is 3.32. The third-order valence-corrected chi connectivity index (χ3v) is 3.14. The molecule has 20 heavy (non-hydrogen) atoms. The van der Waals surface area contributed by atoms with Gasteiger partial charge in [0.2, 0.25) is 0 Å². The molecule has 0 spiro atoms. The molecule has 0 bridgehead atoms. The molecule has 6 nitrogen and oxygen atoms in total. The molecule has 0 aliphatic rings. The zero-order chi connectivity index (χ0) is 14.4. The molecule has 0 radical (unpaired) electrons. The first-order valence-corrected chi connectivity index (χ1v) is 7.04. The quantitative estimate of drug-likeness (QED) is 0.772. The minimum Gasteiger partial charge on any atom is -0.382 e. The molecule has 0 aliphatic heterocycles. The molecule has 0 aliphatic carbocycles. The van der Waals surface area contributed by atoms with Gasteiger partial charge in [0, 0.05) is 29.8 Å². The van der Waals surface area contributed by atoms with Crippen LogP contribution >= 0.6 is 15.9 Å². The first kappa shape index (κ1) is 14.7. The summed E-state index contributed by atoms with van der Waals surface area (Å²) in [5.74, 6) is 0. The third kappa shape index (κ3) is 4.14. The molecule has 2 heterocycles. The number of hydrogen-bond donors (Lipinski definition) is 2. The summed E-state index contributed by atoms with van der Waals surface area (Å²) in [4.78, 5) is 16.2. The summed E-state index contributed by atoms with van der Waals surface area (Å²) in [6.45, 7) is 1.94. The van der Waals surface area contributed by atoms with E-state index in [0.717, 1.165) is 28.9 Å². The highest BCUT2D eigenvalue weighted by Gasteiger charge is 2.02. The Hall–Kier alpha value is -1.73. The zero-order valence-electron chi connectivity index (χ0n) is 11.1. The van der Waals surface area contributed by atoms with E-state index in [0.29, 0.717) is 6.54 Å². The van der Waals surface area contributed by atoms with Gasteiger partial charge in [0.15, 0.2) is 0 Å². The molecular formula is C13H16BrN5O. The number of aromatic nitrogens is 3. The van der Waals surface area contributed by atoms with Crippen molar-refractivity contribution in [1.29, 1.82) is 0 Å². The van der Waals surface area contributed by atoms with E-state index in [1.54, 1.807) is 18.5 Å². The summed E-state index contributed by atoms with van der Waals surface area (Å²) in [5.41, 5.74) is 1.37. The number of hydrogen-bond acceptors (Lipinski definition) is 5. The molecule has 0 unspecified atom stereocenters. The molecule has 2 aromatic rings. The maximum Gasteiger partial charge on any atom is 0.269 e. The Morgan fingerprint density at radius 3 is 2.80 bits per heavy atom. The number of pyridine rings is 1. The lowest BCUT2D eigenvalue weighted by Gasteiger charge is -2.07. The Kier molecular flexibility index (Phi) is 5.25. The van der Waals surface area contributed by atoms with Gasteiger partial charge >= 0.3 is 0 Å². The Balaban J connectivity index is 2.06. The molecule has 0 atom stereocenters. The van der Waals surface area contributed by atoms with Crippen LogP contribution in [0.15, 0.2) is 39.9 Å². The molecule has 106 valence electrons. The van der Waals surface area contributed by atoms with Crippen molar-refractivity contribution in [1.82, 2.24) is 20.1 Å². The first-order chi connectivity index (χ1) is 9.69. The van der Waals surface area contributed by atoms with Crippen LogP contribution in [0.3, 0.4) is 0 Å². The predicted molar refractivity (Wildman–Crippen MR) is 82.0 cm³/mol. The topological polar surface area (TPSA) is 71.8 Å². The van der Waals surface area contributed by atoms with Crippen molar-refractivity contribution in [3.63, 3.8) is 0 Å². The van der Waals surface area contributed by atoms with Crippen molar-refractivity contribution in [2.24, 2.45) is 0 Å². The Morgan fingerprint density at radius 2 is 2.15 bits per heavy atom. The van der Waals surface area contributed by atoms with Gasteiger partial charge in [0.1, 0.15) is 0 Å². The average Bonchev–Trinajstić information content (AvgIpc) is 2.44. The fourth-order valence-electron chi connectivity index (χ4n) is 1.63. The van der Waals surface area contributed by atoms with Crippen molar-refractivity contribution in [2.45, 2.75) is 6.54 Å². The average molecular weight is 338 g/mol. The zero-order valence-corrected chi connectivity index (χ0v) is 12.7. The Labute approximate surface area is 125 Å². The molecular weight excluding hydrogens is 322 g/mol. The first-order valence-electron chi connectivity index (χ1n) is 6.25. The summed E-state index contributed by atoms with van der Waals surface area (Å²) < 4.78 is 2.30. The van der Waals surface area contributed by atoms with Crippen LogP contribution in [0.4, 0.5) is 5.69 Å². The van der Waals surface area contributed by atoms with Crippen LogP contribution in [0, 0.1) is 0 Å². The lowest BCUT2D eigenvalue weighted by Crippen LogP contribution is -2.24. The van der Waals surface area contributed by atoms with Gasteiger partial charge in [-0.1, -0.05) is 0 Å². The van der Waals surface area contributed by atoms with E-state index in [2.05, 4.69) is 36.6 Å². The number of nitrogens with one attached hydrogen (secondary N) is 2. The molecule has 2 rings (SSSR count). The maximum atomic E-state index is 12.0. The largest absolute Gasteiger partial charge is 0.382 e. The van der Waals surface area contributed by atoms with Gasteiger partial charge in [-0.25, -0.2) is 4.68 Å². The van der Waals surface area contributed by atoms with E-state index in [9.17, 15) is 4.79 Å². The van der Waals surface area contributed by atoms with Gasteiger partial charge in [0.05, 0.1) is 24.1 Å². The van der Waals surface area contributed by atoms with E-state index >= 15 is 0 Å². The van der Waals surface area contributed by atoms with E-state index in [1.807, 2.05) is 19.2 Å². The molecule has 0 amide bonds. The van der Waals surface area contributed by atoms with Gasteiger partial charge in [-0.15, -0.1) is 0 Å². The second-order valence-electron chi connectivity index (χ2n) is 4.24. The molecule has 2 aromatic heterocycles. The predicted octanol–water partition coefficient (Wildman–Crippen LogP) is 1.08. The fraction of sp³-hybridized carbons (Fsp3) is 0.308. The van der Waals surface area contributed by atoms with Crippen LogP contribution < -0.4 is 16.2 Å². The van der Waals surface area contributed by atoms with Crippen molar-refractivity contribution in [3.8, 4) is 0 Å². The van der Waals surface area contributed by atoms with Crippen LogP contribution in [-0.4, -0.2) is 34.9 Å². The van der Waals surface area contributed by atoms with E-state index in [4.69, 9.17) is 0 Å². The molecule has 0 saturated carbocycles. The third-order valence-electron chi connectivity index (χ3n) is 2.67. The van der Waals surface area contributed by atoms with Gasteiger partial charge in [-0.3, -0.25) is 9.78 Å². The highest BCUT2D eigenvalue weighted by atomic mass is 79.9. The van der Waals surface area contributed by atoms with E-state index in [-0.39, 0.29) is 5.56 Å².